The Bertz CT molecular complexity index is 892. The van der Waals surface area contributed by atoms with E-state index >= 15 is 0 Å². The zero-order valence-corrected chi connectivity index (χ0v) is 18.3. The van der Waals surface area contributed by atoms with Gasteiger partial charge in [-0.2, -0.15) is 0 Å². The number of ether oxygens (including phenoxy) is 1. The van der Waals surface area contributed by atoms with Gasteiger partial charge in [0.15, 0.2) is 5.16 Å². The Morgan fingerprint density at radius 3 is 2.63 bits per heavy atom. The van der Waals surface area contributed by atoms with E-state index in [9.17, 15) is 4.79 Å². The molecule has 1 aliphatic rings. The van der Waals surface area contributed by atoms with Crippen molar-refractivity contribution in [3.8, 4) is 5.75 Å². The monoisotopic (exact) mass is 443 g/mol. The predicted molar refractivity (Wildman–Crippen MR) is 119 cm³/mol. The van der Waals surface area contributed by atoms with E-state index in [1.54, 1.807) is 34.2 Å². The first-order valence-corrected chi connectivity index (χ1v) is 11.9. The van der Waals surface area contributed by atoms with Gasteiger partial charge in [0, 0.05) is 68.9 Å². The van der Waals surface area contributed by atoms with Gasteiger partial charge in [0.2, 0.25) is 0 Å². The third kappa shape index (κ3) is 6.07. The Balaban J connectivity index is 1.16. The third-order valence-electron chi connectivity index (χ3n) is 4.99. The standard InChI is InChI=1S/C21H25N5O2S2/c27-21(26-13-11-25(12-14-26)10-5-19-22-9-16-29-19)28-18-3-1-17(2-4-18)6-15-30-20-23-7-8-24-20/h1-4,7-9,16H,5-6,10-15H2,(H,23,24). The number of thiazole rings is 1. The van der Waals surface area contributed by atoms with Gasteiger partial charge in [0.25, 0.3) is 0 Å². The van der Waals surface area contributed by atoms with Crippen LogP contribution in [0, 0.1) is 0 Å². The first kappa shape index (κ1) is 20.9. The number of H-pyrrole nitrogens is 1. The Morgan fingerprint density at radius 2 is 1.93 bits per heavy atom. The Hall–Kier alpha value is -2.36. The number of thioether (sulfide) groups is 1. The quantitative estimate of drug-likeness (QED) is 0.537. The van der Waals surface area contributed by atoms with E-state index in [1.807, 2.05) is 42.0 Å². The SMILES string of the molecule is O=C(Oc1ccc(CCSc2ncc[nH]2)cc1)N1CCN(CCc2nccs2)CC1. The van der Waals surface area contributed by atoms with Crippen LogP contribution in [0.25, 0.3) is 0 Å². The first-order valence-electron chi connectivity index (χ1n) is 10.0. The number of nitrogens with one attached hydrogen (secondary N) is 1. The molecular weight excluding hydrogens is 418 g/mol. The van der Waals surface area contributed by atoms with Crippen molar-refractivity contribution < 1.29 is 9.53 Å². The largest absolute Gasteiger partial charge is 0.415 e. The number of hydrogen-bond acceptors (Lipinski definition) is 7. The highest BCUT2D eigenvalue weighted by Crippen LogP contribution is 2.18. The van der Waals surface area contributed by atoms with E-state index in [0.717, 1.165) is 43.4 Å². The number of aromatic nitrogens is 3. The number of aryl methyl sites for hydroxylation is 1. The molecule has 0 spiro atoms. The molecule has 3 aromatic rings. The molecule has 1 aromatic carbocycles. The molecule has 0 bridgehead atoms. The molecular formula is C21H25N5O2S2. The summed E-state index contributed by atoms with van der Waals surface area (Å²) in [6.07, 6.45) is 7.06. The number of rotatable bonds is 8. The second kappa shape index (κ2) is 10.6. The summed E-state index contributed by atoms with van der Waals surface area (Å²) in [7, 11) is 0. The predicted octanol–water partition coefficient (Wildman–Crippen LogP) is 3.56. The van der Waals surface area contributed by atoms with Crippen molar-refractivity contribution >= 4 is 29.2 Å². The molecule has 0 saturated carbocycles. The van der Waals surface area contributed by atoms with Crippen LogP contribution in [0.2, 0.25) is 0 Å². The molecule has 0 atom stereocenters. The summed E-state index contributed by atoms with van der Waals surface area (Å²) in [5.41, 5.74) is 1.21. The van der Waals surface area contributed by atoms with Crippen LogP contribution in [0.5, 0.6) is 5.75 Å². The van der Waals surface area contributed by atoms with Crippen LogP contribution < -0.4 is 4.74 Å². The van der Waals surface area contributed by atoms with E-state index in [0.29, 0.717) is 18.8 Å². The average molecular weight is 444 g/mol. The van der Waals surface area contributed by atoms with Crippen molar-refractivity contribution in [1.29, 1.82) is 0 Å². The van der Waals surface area contributed by atoms with E-state index in [1.165, 1.54) is 10.6 Å². The lowest BCUT2D eigenvalue weighted by Crippen LogP contribution is -2.49. The minimum absolute atomic E-state index is 0.268. The fourth-order valence-corrected chi connectivity index (χ4v) is 4.70. The number of aromatic amines is 1. The molecule has 1 amide bonds. The molecule has 1 saturated heterocycles. The van der Waals surface area contributed by atoms with Gasteiger partial charge in [-0.25, -0.2) is 14.8 Å². The van der Waals surface area contributed by atoms with Crippen LogP contribution in [0.3, 0.4) is 0 Å². The molecule has 7 nitrogen and oxygen atoms in total. The Kier molecular flexibility index (Phi) is 7.39. The van der Waals surface area contributed by atoms with Crippen molar-refractivity contribution in [2.24, 2.45) is 0 Å². The molecule has 9 heteroatoms. The minimum atomic E-state index is -0.268. The Morgan fingerprint density at radius 1 is 1.10 bits per heavy atom. The van der Waals surface area contributed by atoms with Gasteiger partial charge in [-0.3, -0.25) is 4.90 Å². The van der Waals surface area contributed by atoms with E-state index in [-0.39, 0.29) is 6.09 Å². The van der Waals surface area contributed by atoms with Crippen molar-refractivity contribution in [2.75, 3.05) is 38.5 Å². The van der Waals surface area contributed by atoms with Gasteiger partial charge < -0.3 is 14.6 Å². The zero-order valence-electron chi connectivity index (χ0n) is 16.7. The number of carbonyl (C=O) groups is 1. The molecule has 1 fully saturated rings. The second-order valence-corrected chi connectivity index (χ2v) is 9.07. The van der Waals surface area contributed by atoms with Crippen molar-refractivity contribution in [1.82, 2.24) is 24.8 Å². The summed E-state index contributed by atoms with van der Waals surface area (Å²) in [6, 6.07) is 7.77. The molecule has 0 aliphatic carbocycles. The zero-order chi connectivity index (χ0) is 20.6. The van der Waals surface area contributed by atoms with Crippen LogP contribution in [0.4, 0.5) is 4.79 Å². The maximum Gasteiger partial charge on any atom is 0.415 e. The van der Waals surface area contributed by atoms with Gasteiger partial charge >= 0.3 is 6.09 Å². The van der Waals surface area contributed by atoms with Gasteiger partial charge in [-0.1, -0.05) is 23.9 Å². The number of amides is 1. The summed E-state index contributed by atoms with van der Waals surface area (Å²) in [4.78, 5) is 28.2. The molecule has 30 heavy (non-hydrogen) atoms. The molecule has 0 unspecified atom stereocenters. The van der Waals surface area contributed by atoms with E-state index in [2.05, 4.69) is 19.9 Å². The molecule has 1 N–H and O–H groups in total. The summed E-state index contributed by atoms with van der Waals surface area (Å²) >= 11 is 3.39. The smallest absolute Gasteiger partial charge is 0.410 e. The average Bonchev–Trinajstić information content (AvgIpc) is 3.48. The van der Waals surface area contributed by atoms with Crippen LogP contribution >= 0.6 is 23.1 Å². The number of nitrogens with zero attached hydrogens (tertiary/aromatic N) is 4. The number of imidazole rings is 1. The molecule has 1 aliphatic heterocycles. The maximum absolute atomic E-state index is 12.5. The lowest BCUT2D eigenvalue weighted by molar-refractivity contribution is 0.111. The molecule has 0 radical (unpaired) electrons. The number of piperazine rings is 1. The number of benzene rings is 1. The normalized spacial score (nSPS) is 14.7. The minimum Gasteiger partial charge on any atom is -0.410 e. The number of hydrogen-bond donors (Lipinski definition) is 1. The van der Waals surface area contributed by atoms with Crippen LogP contribution in [-0.2, 0) is 12.8 Å². The van der Waals surface area contributed by atoms with Crippen LogP contribution in [0.1, 0.15) is 10.6 Å². The fourth-order valence-electron chi connectivity index (χ4n) is 3.27. The second-order valence-electron chi connectivity index (χ2n) is 7.01. The van der Waals surface area contributed by atoms with Crippen LogP contribution in [-0.4, -0.2) is 69.3 Å². The van der Waals surface area contributed by atoms with Crippen molar-refractivity contribution in [2.45, 2.75) is 18.0 Å². The van der Waals surface area contributed by atoms with E-state index in [4.69, 9.17) is 4.74 Å². The number of carbonyl (C=O) groups excluding carboxylic acids is 1. The van der Waals surface area contributed by atoms with Gasteiger partial charge in [-0.05, 0) is 24.1 Å². The van der Waals surface area contributed by atoms with Crippen molar-refractivity contribution in [3.63, 3.8) is 0 Å². The lowest BCUT2D eigenvalue weighted by Gasteiger charge is -2.33. The maximum atomic E-state index is 12.5. The van der Waals surface area contributed by atoms with Crippen LogP contribution in [0.15, 0.2) is 53.4 Å². The lowest BCUT2D eigenvalue weighted by atomic mass is 10.2. The summed E-state index contributed by atoms with van der Waals surface area (Å²) in [5, 5.41) is 4.11. The fraction of sp³-hybridized carbons (Fsp3) is 0.381. The molecule has 3 heterocycles. The van der Waals surface area contributed by atoms with Gasteiger partial charge in [-0.15, -0.1) is 11.3 Å². The van der Waals surface area contributed by atoms with E-state index < -0.39 is 0 Å². The third-order valence-corrected chi connectivity index (χ3v) is 6.73. The first-order chi connectivity index (χ1) is 14.8. The Labute approximate surface area is 184 Å². The highest BCUT2D eigenvalue weighted by Gasteiger charge is 2.22. The highest BCUT2D eigenvalue weighted by molar-refractivity contribution is 7.99. The molecule has 4 rings (SSSR count). The highest BCUT2D eigenvalue weighted by atomic mass is 32.2. The molecule has 2 aromatic heterocycles. The van der Waals surface area contributed by atoms with Gasteiger partial charge in [0.1, 0.15) is 5.75 Å². The summed E-state index contributed by atoms with van der Waals surface area (Å²) in [5.74, 6) is 1.54. The summed E-state index contributed by atoms with van der Waals surface area (Å²) < 4.78 is 5.57. The topological polar surface area (TPSA) is 74.3 Å². The van der Waals surface area contributed by atoms with Gasteiger partial charge in [0.05, 0.1) is 5.01 Å². The molecule has 158 valence electrons. The summed E-state index contributed by atoms with van der Waals surface area (Å²) in [6.45, 7) is 4.10. The van der Waals surface area contributed by atoms with Crippen molar-refractivity contribution in [3.05, 3.63) is 58.8 Å².